The Bertz CT molecular complexity index is 998. The number of rotatable bonds is 1. The third-order valence-electron chi connectivity index (χ3n) is 4.10. The molecule has 1 aliphatic rings. The smallest absolute Gasteiger partial charge is 0.378 e. The van der Waals surface area contributed by atoms with Crippen molar-refractivity contribution >= 4 is 5.69 Å². The lowest BCUT2D eigenvalue weighted by molar-refractivity contribution is -0.138. The molecule has 0 N–H and O–H groups in total. The van der Waals surface area contributed by atoms with Crippen LogP contribution in [0.5, 0.6) is 0 Å². The van der Waals surface area contributed by atoms with E-state index in [1.165, 1.54) is 12.1 Å². The van der Waals surface area contributed by atoms with Crippen molar-refractivity contribution in [1.82, 2.24) is 0 Å². The van der Waals surface area contributed by atoms with Gasteiger partial charge in [0.2, 0.25) is 0 Å². The molecule has 0 bridgehead atoms. The van der Waals surface area contributed by atoms with Crippen LogP contribution in [0, 0.1) is 28.5 Å². The zero-order valence-corrected chi connectivity index (χ0v) is 15.7. The van der Waals surface area contributed by atoms with E-state index in [-0.39, 0.29) is 11.1 Å². The van der Waals surface area contributed by atoms with Crippen LogP contribution in [0.3, 0.4) is 0 Å². The van der Waals surface area contributed by atoms with Crippen LogP contribution >= 0.6 is 0 Å². The Balaban J connectivity index is 0.000000233. The number of alkyl halides is 6. The van der Waals surface area contributed by atoms with Gasteiger partial charge in [0.1, 0.15) is 5.82 Å². The third-order valence-corrected chi connectivity index (χ3v) is 4.10. The number of benzene rings is 2. The molecular weight excluding hydrogens is 431 g/mol. The lowest BCUT2D eigenvalue weighted by Crippen LogP contribution is -2.36. The first-order chi connectivity index (χ1) is 14.4. The second-order valence-electron chi connectivity index (χ2n) is 6.32. The maximum atomic E-state index is 12.7. The number of anilines is 1. The molecule has 164 valence electrons. The standard InChI is InChI=1S/C12H11F3N2O.C8H3F4N/c13-12(14,15)10-5-9(8-16)6-11(7-10)17-1-3-18-4-2-17;9-7-2-5(4-13)1-6(3-7)8(10,11)12/h5-7H,1-4H2;1-3H. The SMILES string of the molecule is N#Cc1cc(F)cc(C(F)(F)F)c1.N#Cc1cc(N2CCOCC2)cc(C(F)(F)F)c1. The summed E-state index contributed by atoms with van der Waals surface area (Å²) in [7, 11) is 0. The highest BCUT2D eigenvalue weighted by Gasteiger charge is 2.32. The molecule has 1 heterocycles. The van der Waals surface area contributed by atoms with Crippen molar-refractivity contribution in [3.8, 4) is 12.1 Å². The molecular formula is C20H14F7N3O. The molecule has 1 fully saturated rings. The van der Waals surface area contributed by atoms with Crippen LogP contribution < -0.4 is 4.90 Å². The fourth-order valence-electron chi connectivity index (χ4n) is 2.66. The number of hydrogen-bond acceptors (Lipinski definition) is 4. The van der Waals surface area contributed by atoms with E-state index in [2.05, 4.69) is 0 Å². The minimum atomic E-state index is -4.62. The van der Waals surface area contributed by atoms with Crippen molar-refractivity contribution in [2.75, 3.05) is 31.2 Å². The van der Waals surface area contributed by atoms with Crippen molar-refractivity contribution in [3.63, 3.8) is 0 Å². The molecule has 0 spiro atoms. The summed E-state index contributed by atoms with van der Waals surface area (Å²) in [4.78, 5) is 1.79. The van der Waals surface area contributed by atoms with Gasteiger partial charge < -0.3 is 9.64 Å². The summed E-state index contributed by atoms with van der Waals surface area (Å²) in [5.41, 5.74) is -1.84. The van der Waals surface area contributed by atoms with Crippen LogP contribution in [0.15, 0.2) is 36.4 Å². The molecule has 31 heavy (non-hydrogen) atoms. The Labute approximate surface area is 172 Å². The third kappa shape index (κ3) is 6.86. The Morgan fingerprint density at radius 3 is 1.71 bits per heavy atom. The maximum absolute atomic E-state index is 12.7. The topological polar surface area (TPSA) is 60.0 Å². The highest BCUT2D eigenvalue weighted by atomic mass is 19.4. The Morgan fingerprint density at radius 1 is 0.742 bits per heavy atom. The molecule has 11 heteroatoms. The number of nitrogens with zero attached hydrogens (tertiary/aromatic N) is 3. The average molecular weight is 445 g/mol. The highest BCUT2D eigenvalue weighted by Crippen LogP contribution is 2.33. The first-order valence-corrected chi connectivity index (χ1v) is 8.67. The van der Waals surface area contributed by atoms with Crippen molar-refractivity contribution in [3.05, 3.63) is 64.5 Å². The average Bonchev–Trinajstić information content (AvgIpc) is 2.72. The van der Waals surface area contributed by atoms with Crippen molar-refractivity contribution in [2.45, 2.75) is 12.4 Å². The van der Waals surface area contributed by atoms with Gasteiger partial charge in [0, 0.05) is 18.8 Å². The quantitative estimate of drug-likeness (QED) is 0.571. The van der Waals surface area contributed by atoms with E-state index in [1.807, 2.05) is 0 Å². The van der Waals surface area contributed by atoms with E-state index in [0.29, 0.717) is 44.1 Å². The zero-order chi connectivity index (χ0) is 23.2. The van der Waals surface area contributed by atoms with Crippen LogP contribution in [-0.4, -0.2) is 26.3 Å². The van der Waals surface area contributed by atoms with Crippen molar-refractivity contribution < 1.29 is 35.5 Å². The second kappa shape index (κ2) is 9.67. The Morgan fingerprint density at radius 2 is 1.23 bits per heavy atom. The predicted molar refractivity (Wildman–Crippen MR) is 95.3 cm³/mol. The van der Waals surface area contributed by atoms with Gasteiger partial charge in [-0.15, -0.1) is 0 Å². The van der Waals surface area contributed by atoms with Gasteiger partial charge in [-0.2, -0.15) is 36.9 Å². The van der Waals surface area contributed by atoms with Crippen LogP contribution in [-0.2, 0) is 17.1 Å². The second-order valence-corrected chi connectivity index (χ2v) is 6.32. The number of hydrogen-bond donors (Lipinski definition) is 0. The molecule has 0 unspecified atom stereocenters. The molecule has 0 aromatic heterocycles. The summed E-state index contributed by atoms with van der Waals surface area (Å²) >= 11 is 0. The first kappa shape index (κ1) is 24.0. The molecule has 2 aromatic rings. The summed E-state index contributed by atoms with van der Waals surface area (Å²) in [6.45, 7) is 2.04. The minimum absolute atomic E-state index is 0.0197. The normalized spacial score (nSPS) is 14.2. The van der Waals surface area contributed by atoms with Gasteiger partial charge in [0.05, 0.1) is 47.6 Å². The zero-order valence-electron chi connectivity index (χ0n) is 15.7. The van der Waals surface area contributed by atoms with Crippen LogP contribution in [0.2, 0.25) is 0 Å². The van der Waals surface area contributed by atoms with Crippen LogP contribution in [0.1, 0.15) is 22.3 Å². The van der Waals surface area contributed by atoms with Gasteiger partial charge in [0.15, 0.2) is 0 Å². The summed E-state index contributed by atoms with van der Waals surface area (Å²) in [5, 5.41) is 17.1. The number of halogens is 7. The highest BCUT2D eigenvalue weighted by molar-refractivity contribution is 5.55. The van der Waals surface area contributed by atoms with E-state index >= 15 is 0 Å². The molecule has 3 rings (SSSR count). The van der Waals surface area contributed by atoms with E-state index in [1.54, 1.807) is 11.0 Å². The molecule has 0 radical (unpaired) electrons. The minimum Gasteiger partial charge on any atom is -0.378 e. The van der Waals surface area contributed by atoms with Crippen LogP contribution in [0.4, 0.5) is 36.4 Å². The number of nitriles is 2. The summed E-state index contributed by atoms with van der Waals surface area (Å²) in [6, 6.07) is 8.31. The van der Waals surface area contributed by atoms with Gasteiger partial charge in [-0.3, -0.25) is 0 Å². The summed E-state index contributed by atoms with van der Waals surface area (Å²) in [5.74, 6) is -1.06. The van der Waals surface area contributed by atoms with Gasteiger partial charge in [-0.05, 0) is 36.4 Å². The molecule has 1 aliphatic heterocycles. The van der Waals surface area contributed by atoms with Gasteiger partial charge in [-0.25, -0.2) is 4.39 Å². The molecule has 0 atom stereocenters. The first-order valence-electron chi connectivity index (χ1n) is 8.67. The largest absolute Gasteiger partial charge is 0.416 e. The molecule has 2 aromatic carbocycles. The van der Waals surface area contributed by atoms with E-state index in [9.17, 15) is 30.7 Å². The molecule has 0 amide bonds. The fraction of sp³-hybridized carbons (Fsp3) is 0.300. The molecule has 0 saturated carbocycles. The van der Waals surface area contributed by atoms with Crippen LogP contribution in [0.25, 0.3) is 0 Å². The lowest BCUT2D eigenvalue weighted by atomic mass is 10.1. The summed E-state index contributed by atoms with van der Waals surface area (Å²) < 4.78 is 91.8. The number of morpholine rings is 1. The molecule has 4 nitrogen and oxygen atoms in total. The molecule has 0 aliphatic carbocycles. The fourth-order valence-corrected chi connectivity index (χ4v) is 2.66. The Hall–Kier alpha value is -3.31. The molecule has 1 saturated heterocycles. The van der Waals surface area contributed by atoms with E-state index in [4.69, 9.17) is 15.3 Å². The van der Waals surface area contributed by atoms with E-state index in [0.717, 1.165) is 18.2 Å². The Kier molecular flexibility index (Phi) is 7.47. The maximum Gasteiger partial charge on any atom is 0.416 e. The predicted octanol–water partition coefficient (Wildman–Crippen LogP) is 5.13. The summed E-state index contributed by atoms with van der Waals surface area (Å²) in [6.07, 6.45) is -9.05. The van der Waals surface area contributed by atoms with Gasteiger partial charge in [-0.1, -0.05) is 0 Å². The van der Waals surface area contributed by atoms with Crippen molar-refractivity contribution in [2.24, 2.45) is 0 Å². The monoisotopic (exact) mass is 445 g/mol. The van der Waals surface area contributed by atoms with Gasteiger partial charge in [0.25, 0.3) is 0 Å². The van der Waals surface area contributed by atoms with E-state index < -0.39 is 29.3 Å². The van der Waals surface area contributed by atoms with Crippen molar-refractivity contribution in [1.29, 1.82) is 10.5 Å². The lowest BCUT2D eigenvalue weighted by Gasteiger charge is -2.29. The van der Waals surface area contributed by atoms with Gasteiger partial charge >= 0.3 is 12.4 Å². The number of ether oxygens (including phenoxy) is 1.